The number of aromatic nitrogens is 2. The van der Waals surface area contributed by atoms with Gasteiger partial charge in [-0.2, -0.15) is 0 Å². The molecule has 2 aromatic heterocycles. The summed E-state index contributed by atoms with van der Waals surface area (Å²) in [5.74, 6) is -0.469. The maximum atomic E-state index is 13.7. The predicted octanol–water partition coefficient (Wildman–Crippen LogP) is 5.50. The molecule has 0 spiro atoms. The van der Waals surface area contributed by atoms with Crippen LogP contribution in [0.1, 0.15) is 23.6 Å². The van der Waals surface area contributed by atoms with Crippen LogP contribution in [-0.4, -0.2) is 21.2 Å². The lowest BCUT2D eigenvalue weighted by atomic mass is 10.1. The lowest BCUT2D eigenvalue weighted by Gasteiger charge is -2.15. The molecule has 4 rings (SSSR count). The van der Waals surface area contributed by atoms with Crippen LogP contribution in [0.2, 0.25) is 0 Å². The molecule has 0 fully saturated rings. The van der Waals surface area contributed by atoms with Crippen molar-refractivity contribution >= 4 is 44.9 Å². The van der Waals surface area contributed by atoms with E-state index in [9.17, 15) is 14.0 Å². The smallest absolute Gasteiger partial charge is 0.276 e. The number of amides is 1. The first-order valence-electron chi connectivity index (χ1n) is 10.2. The molecule has 2 aromatic carbocycles. The van der Waals surface area contributed by atoms with Gasteiger partial charge in [-0.1, -0.05) is 36.9 Å². The number of hydrogen-bond donors (Lipinski definition) is 1. The number of rotatable bonds is 6. The summed E-state index contributed by atoms with van der Waals surface area (Å²) in [6, 6.07) is 12.0. The topological polar surface area (TPSA) is 64.0 Å². The van der Waals surface area contributed by atoms with Crippen molar-refractivity contribution in [2.45, 2.75) is 32.3 Å². The third-order valence-corrected chi connectivity index (χ3v) is 7.02. The molecule has 0 aliphatic heterocycles. The molecule has 0 bridgehead atoms. The van der Waals surface area contributed by atoms with Gasteiger partial charge in [0.05, 0.1) is 17.0 Å². The molecular weight excluding hydrogens is 445 g/mol. The molecule has 1 N–H and O–H groups in total. The minimum absolute atomic E-state index is 0.0831. The average molecular weight is 468 g/mol. The molecule has 2 heterocycles. The second-order valence-corrected chi connectivity index (χ2v) is 9.26. The number of aryl methyl sites for hydroxylation is 3. The van der Waals surface area contributed by atoms with Crippen molar-refractivity contribution in [1.82, 2.24) is 9.55 Å². The van der Waals surface area contributed by atoms with Gasteiger partial charge in [0.1, 0.15) is 10.5 Å². The Morgan fingerprint density at radius 2 is 2.00 bits per heavy atom. The Hall–Kier alpha value is -2.97. The summed E-state index contributed by atoms with van der Waals surface area (Å²) in [6.07, 6.45) is 0.810. The highest BCUT2D eigenvalue weighted by Crippen LogP contribution is 2.26. The van der Waals surface area contributed by atoms with Crippen LogP contribution in [0.25, 0.3) is 15.9 Å². The van der Waals surface area contributed by atoms with Crippen LogP contribution in [0.5, 0.6) is 0 Å². The van der Waals surface area contributed by atoms with Gasteiger partial charge in [0, 0.05) is 5.69 Å². The number of benzene rings is 2. The van der Waals surface area contributed by atoms with Gasteiger partial charge in [0.15, 0.2) is 5.16 Å². The van der Waals surface area contributed by atoms with Gasteiger partial charge in [-0.25, -0.2) is 9.37 Å². The van der Waals surface area contributed by atoms with E-state index in [4.69, 9.17) is 0 Å². The van der Waals surface area contributed by atoms with E-state index in [1.54, 1.807) is 19.1 Å². The van der Waals surface area contributed by atoms with Crippen LogP contribution in [0.3, 0.4) is 0 Å². The number of thiophene rings is 1. The normalized spacial score (nSPS) is 11.1. The Labute approximate surface area is 193 Å². The summed E-state index contributed by atoms with van der Waals surface area (Å²) in [7, 11) is 0. The lowest BCUT2D eigenvalue weighted by Crippen LogP contribution is -2.23. The summed E-state index contributed by atoms with van der Waals surface area (Å²) in [4.78, 5) is 30.6. The molecule has 1 amide bonds. The van der Waals surface area contributed by atoms with E-state index in [1.807, 2.05) is 37.4 Å². The molecule has 164 valence electrons. The van der Waals surface area contributed by atoms with Crippen LogP contribution in [0.15, 0.2) is 57.8 Å². The van der Waals surface area contributed by atoms with Gasteiger partial charge in [-0.15, -0.1) is 11.3 Å². The van der Waals surface area contributed by atoms with Crippen LogP contribution in [0.4, 0.5) is 10.1 Å². The van der Waals surface area contributed by atoms with E-state index in [0.29, 0.717) is 26.6 Å². The van der Waals surface area contributed by atoms with Crippen molar-refractivity contribution < 1.29 is 9.18 Å². The van der Waals surface area contributed by atoms with E-state index in [1.165, 1.54) is 39.8 Å². The van der Waals surface area contributed by atoms with Gasteiger partial charge in [0.25, 0.3) is 5.56 Å². The van der Waals surface area contributed by atoms with E-state index in [2.05, 4.69) is 10.3 Å². The van der Waals surface area contributed by atoms with Crippen molar-refractivity contribution in [3.8, 4) is 5.69 Å². The first-order valence-corrected chi connectivity index (χ1v) is 12.0. The van der Waals surface area contributed by atoms with Crippen LogP contribution < -0.4 is 10.9 Å². The second-order valence-electron chi connectivity index (χ2n) is 7.40. The monoisotopic (exact) mass is 467 g/mol. The number of para-hydroxylation sites is 1. The molecule has 0 aliphatic rings. The third kappa shape index (κ3) is 4.33. The average Bonchev–Trinajstić information content (AvgIpc) is 3.23. The van der Waals surface area contributed by atoms with Gasteiger partial charge < -0.3 is 5.32 Å². The molecule has 0 radical (unpaired) electrons. The summed E-state index contributed by atoms with van der Waals surface area (Å²) in [6.45, 7) is 5.75. The predicted molar refractivity (Wildman–Crippen MR) is 130 cm³/mol. The highest BCUT2D eigenvalue weighted by Gasteiger charge is 2.18. The molecule has 0 atom stereocenters. The second kappa shape index (κ2) is 9.26. The number of anilines is 1. The molecule has 5 nitrogen and oxygen atoms in total. The number of nitrogens with zero attached hydrogens (tertiary/aromatic N) is 2. The molecule has 8 heteroatoms. The fourth-order valence-electron chi connectivity index (χ4n) is 3.58. The Balaban J connectivity index is 1.67. The zero-order valence-corrected chi connectivity index (χ0v) is 19.6. The number of hydrogen-bond acceptors (Lipinski definition) is 5. The summed E-state index contributed by atoms with van der Waals surface area (Å²) in [5.41, 5.74) is 4.42. The summed E-state index contributed by atoms with van der Waals surface area (Å²) in [5, 5.41) is 5.21. The summed E-state index contributed by atoms with van der Waals surface area (Å²) < 4.78 is 15.7. The number of carbonyl (C=O) groups is 1. The van der Waals surface area contributed by atoms with E-state index < -0.39 is 0 Å². The first-order chi connectivity index (χ1) is 15.4. The Bertz CT molecular complexity index is 1380. The van der Waals surface area contributed by atoms with Gasteiger partial charge in [-0.05, 0) is 66.6 Å². The number of nitrogens with one attached hydrogen (secondary N) is 1. The number of thioether (sulfide) groups is 1. The molecule has 0 saturated heterocycles. The number of halogens is 1. The highest BCUT2D eigenvalue weighted by atomic mass is 32.2. The Kier molecular flexibility index (Phi) is 6.43. The van der Waals surface area contributed by atoms with Crippen molar-refractivity contribution in [2.75, 3.05) is 11.1 Å². The van der Waals surface area contributed by atoms with Crippen LogP contribution >= 0.6 is 23.1 Å². The van der Waals surface area contributed by atoms with Gasteiger partial charge in [-0.3, -0.25) is 14.2 Å². The molecule has 32 heavy (non-hydrogen) atoms. The number of fused-ring (bicyclic) bond motifs is 1. The fourth-order valence-corrected chi connectivity index (χ4v) is 5.14. The minimum Gasteiger partial charge on any atom is -0.325 e. The molecule has 0 unspecified atom stereocenters. The zero-order valence-electron chi connectivity index (χ0n) is 17.9. The number of carbonyl (C=O) groups excluding carboxylic acids is 1. The fraction of sp³-hybridized carbons (Fsp3) is 0.208. The largest absolute Gasteiger partial charge is 0.325 e. The zero-order chi connectivity index (χ0) is 22.8. The minimum atomic E-state index is -0.372. The van der Waals surface area contributed by atoms with Crippen molar-refractivity contribution in [1.29, 1.82) is 0 Å². The molecular formula is C24H22FN3O2S2. The van der Waals surface area contributed by atoms with Gasteiger partial charge >= 0.3 is 0 Å². The first kappa shape index (κ1) is 22.2. The molecule has 4 aromatic rings. The quantitative estimate of drug-likeness (QED) is 0.301. The third-order valence-electron chi connectivity index (χ3n) is 5.19. The van der Waals surface area contributed by atoms with Gasteiger partial charge in [0.2, 0.25) is 5.91 Å². The van der Waals surface area contributed by atoms with E-state index in [0.717, 1.165) is 23.2 Å². The highest BCUT2D eigenvalue weighted by molar-refractivity contribution is 7.99. The van der Waals surface area contributed by atoms with Crippen molar-refractivity contribution in [3.63, 3.8) is 0 Å². The van der Waals surface area contributed by atoms with E-state index >= 15 is 0 Å². The van der Waals surface area contributed by atoms with Crippen molar-refractivity contribution in [2.24, 2.45) is 0 Å². The lowest BCUT2D eigenvalue weighted by molar-refractivity contribution is -0.113. The Morgan fingerprint density at radius 3 is 2.75 bits per heavy atom. The maximum Gasteiger partial charge on any atom is 0.276 e. The molecule has 0 saturated carbocycles. The van der Waals surface area contributed by atoms with Crippen molar-refractivity contribution in [3.05, 3.63) is 80.7 Å². The molecule has 0 aliphatic carbocycles. The maximum absolute atomic E-state index is 13.7. The Morgan fingerprint density at radius 1 is 1.19 bits per heavy atom. The summed E-state index contributed by atoms with van der Waals surface area (Å²) >= 11 is 2.50. The van der Waals surface area contributed by atoms with E-state index in [-0.39, 0.29) is 23.0 Å². The van der Waals surface area contributed by atoms with Crippen LogP contribution in [-0.2, 0) is 11.2 Å². The SMILES string of the molecule is CCc1cccc(C)c1NC(=O)CSc1nc2ccsc2c(=O)n1-c1ccc(F)cc1C. The standard InChI is InChI=1S/C24H22FN3O2S2/c1-4-16-7-5-6-14(2)21(16)27-20(29)13-32-24-26-18-10-11-31-22(18)23(30)28(24)19-9-8-17(25)12-15(19)3/h5-12H,4,13H2,1-3H3,(H,27,29). The van der Waals surface area contributed by atoms with Crippen LogP contribution in [0, 0.1) is 19.7 Å².